The second-order valence-electron chi connectivity index (χ2n) is 3.39. The van der Waals surface area contributed by atoms with Gasteiger partial charge in [0.15, 0.2) is 5.11 Å². The van der Waals surface area contributed by atoms with E-state index >= 15 is 0 Å². The van der Waals surface area contributed by atoms with Gasteiger partial charge in [-0.3, -0.25) is 4.79 Å². The van der Waals surface area contributed by atoms with Gasteiger partial charge in [0.1, 0.15) is 5.54 Å². The number of nitrogens with zero attached hydrogens (tertiary/aromatic N) is 1. The fourth-order valence-electron chi connectivity index (χ4n) is 1.96. The molecule has 0 radical (unpaired) electrons. The van der Waals surface area contributed by atoms with E-state index in [2.05, 4.69) is 5.32 Å². The molecule has 1 saturated carbocycles. The van der Waals surface area contributed by atoms with Crippen LogP contribution < -0.4 is 11.2 Å². The zero-order chi connectivity index (χ0) is 8.77. The van der Waals surface area contributed by atoms with Crippen LogP contribution in [0.15, 0.2) is 0 Å². The smallest absolute Gasteiger partial charge is 0.268 e. The quantitative estimate of drug-likeness (QED) is 0.314. The van der Waals surface area contributed by atoms with Crippen LogP contribution in [0.5, 0.6) is 0 Å². The molecule has 2 rings (SSSR count). The van der Waals surface area contributed by atoms with E-state index in [-0.39, 0.29) is 5.91 Å². The van der Waals surface area contributed by atoms with E-state index < -0.39 is 5.54 Å². The highest BCUT2D eigenvalue weighted by molar-refractivity contribution is 7.80. The highest BCUT2D eigenvalue weighted by Gasteiger charge is 2.49. The number of thiocarbonyl (C=S) groups is 1. The molecule has 0 atom stereocenters. The second kappa shape index (κ2) is 2.40. The predicted octanol–water partition coefficient (Wildman–Crippen LogP) is -0.110. The van der Waals surface area contributed by atoms with Crippen molar-refractivity contribution in [1.29, 1.82) is 0 Å². The van der Waals surface area contributed by atoms with Crippen LogP contribution in [0.2, 0.25) is 0 Å². The number of rotatable bonds is 0. The molecule has 0 unspecified atom stereocenters. The van der Waals surface area contributed by atoms with E-state index in [9.17, 15) is 4.79 Å². The predicted molar refractivity (Wildman–Crippen MR) is 48.0 cm³/mol. The normalized spacial score (nSPS) is 26.9. The van der Waals surface area contributed by atoms with Gasteiger partial charge in [0.05, 0.1) is 0 Å². The molecule has 0 bridgehead atoms. The van der Waals surface area contributed by atoms with Crippen molar-refractivity contribution in [1.82, 2.24) is 10.3 Å². The molecule has 2 aliphatic rings. The Bertz CT molecular complexity index is 247. The largest absolute Gasteiger partial charge is 0.347 e. The van der Waals surface area contributed by atoms with E-state index in [1.54, 1.807) is 0 Å². The maximum Gasteiger partial charge on any atom is 0.268 e. The van der Waals surface area contributed by atoms with Crippen molar-refractivity contribution in [2.75, 3.05) is 0 Å². The molecule has 1 amide bonds. The summed E-state index contributed by atoms with van der Waals surface area (Å²) in [6.07, 6.45) is 3.88. The van der Waals surface area contributed by atoms with E-state index in [0.29, 0.717) is 5.11 Å². The van der Waals surface area contributed by atoms with Crippen LogP contribution in [0.1, 0.15) is 25.7 Å². The van der Waals surface area contributed by atoms with Crippen molar-refractivity contribution >= 4 is 23.2 Å². The summed E-state index contributed by atoms with van der Waals surface area (Å²) in [5, 5.41) is 4.43. The Morgan fingerprint density at radius 1 is 1.50 bits per heavy atom. The highest BCUT2D eigenvalue weighted by Crippen LogP contribution is 2.33. The first-order valence-corrected chi connectivity index (χ1v) is 4.48. The van der Waals surface area contributed by atoms with E-state index in [4.69, 9.17) is 18.1 Å². The molecule has 1 saturated heterocycles. The summed E-state index contributed by atoms with van der Waals surface area (Å²) < 4.78 is 0. The second-order valence-corrected chi connectivity index (χ2v) is 3.78. The molecule has 1 aliphatic heterocycles. The average molecular weight is 185 g/mol. The summed E-state index contributed by atoms with van der Waals surface area (Å²) in [6, 6.07) is 0. The Morgan fingerprint density at radius 3 is 2.50 bits per heavy atom. The number of carbonyl (C=O) groups is 1. The van der Waals surface area contributed by atoms with Gasteiger partial charge in [0.2, 0.25) is 0 Å². The monoisotopic (exact) mass is 185 g/mol. The topological polar surface area (TPSA) is 58.4 Å². The zero-order valence-corrected chi connectivity index (χ0v) is 7.49. The van der Waals surface area contributed by atoms with Crippen molar-refractivity contribution < 1.29 is 4.79 Å². The lowest BCUT2D eigenvalue weighted by Crippen LogP contribution is -2.45. The van der Waals surface area contributed by atoms with Crippen molar-refractivity contribution in [2.45, 2.75) is 31.2 Å². The molecule has 66 valence electrons. The van der Waals surface area contributed by atoms with Gasteiger partial charge in [-0.1, -0.05) is 12.8 Å². The number of hydrazine groups is 1. The number of nitrogens with one attached hydrogen (secondary N) is 1. The van der Waals surface area contributed by atoms with Crippen molar-refractivity contribution in [3.05, 3.63) is 0 Å². The maximum absolute atomic E-state index is 11.6. The van der Waals surface area contributed by atoms with Gasteiger partial charge < -0.3 is 5.32 Å². The van der Waals surface area contributed by atoms with Gasteiger partial charge in [0.25, 0.3) is 5.91 Å². The molecule has 2 fully saturated rings. The molecule has 1 heterocycles. The Labute approximate surface area is 76.1 Å². The molecule has 12 heavy (non-hydrogen) atoms. The van der Waals surface area contributed by atoms with Gasteiger partial charge in [-0.05, 0) is 25.1 Å². The van der Waals surface area contributed by atoms with E-state index in [0.717, 1.165) is 30.7 Å². The van der Waals surface area contributed by atoms with Crippen LogP contribution >= 0.6 is 12.2 Å². The first-order chi connectivity index (χ1) is 5.66. The Balaban J connectivity index is 2.29. The number of hydrogen-bond acceptors (Lipinski definition) is 3. The summed E-state index contributed by atoms with van der Waals surface area (Å²) in [5.41, 5.74) is -0.439. The van der Waals surface area contributed by atoms with Crippen LogP contribution in [0, 0.1) is 0 Å². The van der Waals surface area contributed by atoms with Gasteiger partial charge >= 0.3 is 0 Å². The van der Waals surface area contributed by atoms with E-state index in [1.807, 2.05) is 0 Å². The molecule has 1 spiro atoms. The third kappa shape index (κ3) is 0.864. The van der Waals surface area contributed by atoms with Gasteiger partial charge in [-0.15, -0.1) is 0 Å². The lowest BCUT2D eigenvalue weighted by molar-refractivity contribution is -0.131. The van der Waals surface area contributed by atoms with Crippen molar-refractivity contribution in [3.8, 4) is 0 Å². The Morgan fingerprint density at radius 2 is 2.08 bits per heavy atom. The van der Waals surface area contributed by atoms with Crippen molar-refractivity contribution in [3.63, 3.8) is 0 Å². The summed E-state index contributed by atoms with van der Waals surface area (Å²) in [6.45, 7) is 0. The molecule has 4 nitrogen and oxygen atoms in total. The van der Waals surface area contributed by atoms with Gasteiger partial charge in [-0.2, -0.15) is 0 Å². The number of carbonyl (C=O) groups excluding carboxylic acids is 1. The molecule has 0 aromatic heterocycles. The van der Waals surface area contributed by atoms with Crippen molar-refractivity contribution in [2.24, 2.45) is 5.84 Å². The van der Waals surface area contributed by atoms with Crippen LogP contribution in [-0.2, 0) is 4.79 Å². The minimum Gasteiger partial charge on any atom is -0.347 e. The molecular weight excluding hydrogens is 174 g/mol. The lowest BCUT2D eigenvalue weighted by Gasteiger charge is -2.18. The van der Waals surface area contributed by atoms with Gasteiger partial charge in [0, 0.05) is 0 Å². The zero-order valence-electron chi connectivity index (χ0n) is 6.67. The summed E-state index contributed by atoms with van der Waals surface area (Å²) in [7, 11) is 0. The fraction of sp³-hybridized carbons (Fsp3) is 0.714. The molecule has 0 aromatic rings. The first kappa shape index (κ1) is 7.94. The fourth-order valence-corrected chi connectivity index (χ4v) is 2.24. The molecular formula is C7H11N3OS. The average Bonchev–Trinajstić information content (AvgIpc) is 2.57. The number of nitrogens with two attached hydrogens (primary N) is 1. The Hall–Kier alpha value is -0.680. The minimum absolute atomic E-state index is 0.0648. The maximum atomic E-state index is 11.6. The lowest BCUT2D eigenvalue weighted by atomic mass is 9.98. The summed E-state index contributed by atoms with van der Waals surface area (Å²) in [4.78, 5) is 11.6. The summed E-state index contributed by atoms with van der Waals surface area (Å²) >= 11 is 4.90. The summed E-state index contributed by atoms with van der Waals surface area (Å²) in [5.74, 6) is 5.39. The molecule has 3 N–H and O–H groups in total. The molecule has 1 aliphatic carbocycles. The Kier molecular flexibility index (Phi) is 1.59. The van der Waals surface area contributed by atoms with Crippen LogP contribution in [-0.4, -0.2) is 21.6 Å². The SMILES string of the molecule is NN1C(=O)C2(CCCC2)NC1=S. The molecule has 5 heteroatoms. The first-order valence-electron chi connectivity index (χ1n) is 4.07. The highest BCUT2D eigenvalue weighted by atomic mass is 32.1. The van der Waals surface area contributed by atoms with Crippen LogP contribution in [0.4, 0.5) is 0 Å². The third-order valence-electron chi connectivity index (χ3n) is 2.65. The van der Waals surface area contributed by atoms with Crippen LogP contribution in [0.25, 0.3) is 0 Å². The van der Waals surface area contributed by atoms with Gasteiger partial charge in [-0.25, -0.2) is 10.9 Å². The van der Waals surface area contributed by atoms with E-state index in [1.165, 1.54) is 0 Å². The minimum atomic E-state index is -0.439. The standard InChI is InChI=1S/C7H11N3OS/c8-10-5(11)7(9-6(10)12)3-1-2-4-7/h1-4,8H2,(H,9,12). The van der Waals surface area contributed by atoms with Crippen LogP contribution in [0.3, 0.4) is 0 Å². The number of amides is 1. The number of hydrogen-bond donors (Lipinski definition) is 2. The third-order valence-corrected chi connectivity index (χ3v) is 2.95. The molecule has 0 aromatic carbocycles.